The monoisotopic (exact) mass is 320 g/mol. The third kappa shape index (κ3) is 4.21. The van der Waals surface area contributed by atoms with E-state index in [2.05, 4.69) is 5.32 Å². The summed E-state index contributed by atoms with van der Waals surface area (Å²) in [6, 6.07) is 7.00. The average molecular weight is 320 g/mol. The Morgan fingerprint density at radius 2 is 2.13 bits per heavy atom. The number of nitrogens with one attached hydrogen (secondary N) is 1. The van der Waals surface area contributed by atoms with Crippen LogP contribution < -0.4 is 15.0 Å². The lowest BCUT2D eigenvalue weighted by molar-refractivity contribution is -0.153. The minimum atomic E-state index is -0.906. The predicted molar refractivity (Wildman–Crippen MR) is 83.1 cm³/mol. The summed E-state index contributed by atoms with van der Waals surface area (Å²) >= 11 is 0. The van der Waals surface area contributed by atoms with Gasteiger partial charge in [-0.2, -0.15) is 0 Å². The van der Waals surface area contributed by atoms with Crippen LogP contribution in [-0.2, 0) is 19.1 Å². The number of para-hydroxylation sites is 2. The second kappa shape index (κ2) is 7.62. The first-order chi connectivity index (χ1) is 11.0. The molecular formula is C16H20N2O5. The van der Waals surface area contributed by atoms with E-state index in [1.807, 2.05) is 0 Å². The SMILES string of the molecule is CCNC(=O)[C@@H](C)OC(=O)CN1C(=O)CCOc2ccccc21. The molecule has 0 unspecified atom stereocenters. The second-order valence-corrected chi connectivity index (χ2v) is 5.07. The summed E-state index contributed by atoms with van der Waals surface area (Å²) in [6.45, 7) is 3.72. The molecule has 1 atom stereocenters. The van der Waals surface area contributed by atoms with Crippen LogP contribution in [0.5, 0.6) is 5.75 Å². The van der Waals surface area contributed by atoms with Crippen LogP contribution >= 0.6 is 0 Å². The van der Waals surface area contributed by atoms with Crippen molar-refractivity contribution in [1.29, 1.82) is 0 Å². The van der Waals surface area contributed by atoms with E-state index in [9.17, 15) is 14.4 Å². The average Bonchev–Trinajstić information content (AvgIpc) is 2.67. The molecule has 7 nitrogen and oxygen atoms in total. The molecule has 0 aliphatic carbocycles. The summed E-state index contributed by atoms with van der Waals surface area (Å²) in [4.78, 5) is 37.2. The van der Waals surface area contributed by atoms with E-state index < -0.39 is 12.1 Å². The number of esters is 1. The largest absolute Gasteiger partial charge is 0.491 e. The first-order valence-electron chi connectivity index (χ1n) is 7.52. The van der Waals surface area contributed by atoms with Crippen molar-refractivity contribution in [3.8, 4) is 5.75 Å². The molecule has 0 spiro atoms. The van der Waals surface area contributed by atoms with Crippen LogP contribution in [0.1, 0.15) is 20.3 Å². The first kappa shape index (κ1) is 16.8. The van der Waals surface area contributed by atoms with Crippen molar-refractivity contribution >= 4 is 23.5 Å². The van der Waals surface area contributed by atoms with E-state index in [0.717, 1.165) is 0 Å². The van der Waals surface area contributed by atoms with Crippen molar-refractivity contribution in [2.45, 2.75) is 26.4 Å². The van der Waals surface area contributed by atoms with Gasteiger partial charge in [-0.05, 0) is 26.0 Å². The molecule has 124 valence electrons. The van der Waals surface area contributed by atoms with E-state index in [1.165, 1.54) is 11.8 Å². The van der Waals surface area contributed by atoms with Gasteiger partial charge in [-0.1, -0.05) is 12.1 Å². The minimum Gasteiger partial charge on any atom is -0.491 e. The summed E-state index contributed by atoms with van der Waals surface area (Å²) in [5.41, 5.74) is 0.526. The van der Waals surface area contributed by atoms with Crippen molar-refractivity contribution in [2.75, 3.05) is 24.6 Å². The van der Waals surface area contributed by atoms with Gasteiger partial charge in [-0.3, -0.25) is 19.3 Å². The standard InChI is InChI=1S/C16H20N2O5/c1-3-17-16(21)11(2)23-15(20)10-18-12-6-4-5-7-13(12)22-9-8-14(18)19/h4-7,11H,3,8-10H2,1-2H3,(H,17,21)/t11-/m1/s1. The lowest BCUT2D eigenvalue weighted by Crippen LogP contribution is -2.40. The topological polar surface area (TPSA) is 84.9 Å². The maximum Gasteiger partial charge on any atom is 0.326 e. The molecule has 2 rings (SSSR count). The van der Waals surface area contributed by atoms with Crippen molar-refractivity contribution < 1.29 is 23.9 Å². The van der Waals surface area contributed by atoms with Crippen molar-refractivity contribution in [3.05, 3.63) is 24.3 Å². The first-order valence-corrected chi connectivity index (χ1v) is 7.52. The summed E-state index contributed by atoms with van der Waals surface area (Å²) in [5.74, 6) is -0.693. The highest BCUT2D eigenvalue weighted by atomic mass is 16.5. The van der Waals surface area contributed by atoms with E-state index in [1.54, 1.807) is 31.2 Å². The number of anilines is 1. The molecule has 1 aromatic rings. The fourth-order valence-corrected chi connectivity index (χ4v) is 2.23. The van der Waals surface area contributed by atoms with Gasteiger partial charge >= 0.3 is 5.97 Å². The second-order valence-electron chi connectivity index (χ2n) is 5.07. The van der Waals surface area contributed by atoms with E-state index in [0.29, 0.717) is 18.0 Å². The Balaban J connectivity index is 2.07. The Bertz CT molecular complexity index is 602. The van der Waals surface area contributed by atoms with E-state index >= 15 is 0 Å². The maximum absolute atomic E-state index is 12.2. The highest BCUT2D eigenvalue weighted by Gasteiger charge is 2.27. The number of rotatable bonds is 5. The molecule has 0 saturated heterocycles. The van der Waals surface area contributed by atoms with Crippen molar-refractivity contribution in [3.63, 3.8) is 0 Å². The highest BCUT2D eigenvalue weighted by Crippen LogP contribution is 2.30. The molecule has 1 aromatic carbocycles. The lowest BCUT2D eigenvalue weighted by Gasteiger charge is -2.22. The Hall–Kier alpha value is -2.57. The lowest BCUT2D eigenvalue weighted by atomic mass is 10.2. The number of ether oxygens (including phenoxy) is 2. The normalized spacial score (nSPS) is 15.0. The van der Waals surface area contributed by atoms with Crippen molar-refractivity contribution in [2.24, 2.45) is 0 Å². The van der Waals surface area contributed by atoms with Gasteiger partial charge < -0.3 is 14.8 Å². The number of amides is 2. The van der Waals surface area contributed by atoms with Crippen LogP contribution in [0.25, 0.3) is 0 Å². The van der Waals surface area contributed by atoms with Gasteiger partial charge in [0.15, 0.2) is 6.10 Å². The van der Waals surface area contributed by atoms with Crippen molar-refractivity contribution in [1.82, 2.24) is 5.32 Å². The number of carbonyl (C=O) groups excluding carboxylic acids is 3. The molecule has 0 saturated carbocycles. The molecule has 1 aliphatic rings. The number of benzene rings is 1. The minimum absolute atomic E-state index is 0.174. The zero-order valence-corrected chi connectivity index (χ0v) is 13.2. The molecule has 23 heavy (non-hydrogen) atoms. The van der Waals surface area contributed by atoms with Crippen LogP contribution in [0.4, 0.5) is 5.69 Å². The Morgan fingerprint density at radius 3 is 2.87 bits per heavy atom. The molecular weight excluding hydrogens is 300 g/mol. The van der Waals surface area contributed by atoms with E-state index in [-0.39, 0.29) is 31.4 Å². The third-order valence-electron chi connectivity index (χ3n) is 3.35. The number of nitrogens with zero attached hydrogens (tertiary/aromatic N) is 1. The molecule has 0 radical (unpaired) electrons. The van der Waals surface area contributed by atoms with Crippen LogP contribution in [0.3, 0.4) is 0 Å². The number of fused-ring (bicyclic) bond motifs is 1. The molecule has 1 heterocycles. The van der Waals surface area contributed by atoms with Gasteiger partial charge in [0.05, 0.1) is 18.7 Å². The summed E-state index contributed by atoms with van der Waals surface area (Å²) in [5, 5.41) is 2.57. The van der Waals surface area contributed by atoms with Gasteiger partial charge in [0.2, 0.25) is 5.91 Å². The third-order valence-corrected chi connectivity index (χ3v) is 3.35. The predicted octanol–water partition coefficient (Wildman–Crippen LogP) is 0.870. The van der Waals surface area contributed by atoms with Gasteiger partial charge in [-0.25, -0.2) is 0 Å². The molecule has 1 N–H and O–H groups in total. The number of hydrogen-bond acceptors (Lipinski definition) is 5. The Morgan fingerprint density at radius 1 is 1.39 bits per heavy atom. The van der Waals surface area contributed by atoms with Gasteiger partial charge in [0.1, 0.15) is 12.3 Å². The zero-order valence-electron chi connectivity index (χ0n) is 13.2. The van der Waals surface area contributed by atoms with Gasteiger partial charge in [0, 0.05) is 6.54 Å². The number of likely N-dealkylation sites (N-methyl/N-ethyl adjacent to an activating group) is 1. The maximum atomic E-state index is 12.2. The molecule has 7 heteroatoms. The number of carbonyl (C=O) groups is 3. The number of hydrogen-bond donors (Lipinski definition) is 1. The van der Waals surface area contributed by atoms with Gasteiger partial charge in [-0.15, -0.1) is 0 Å². The summed E-state index contributed by atoms with van der Waals surface area (Å²) in [7, 11) is 0. The van der Waals surface area contributed by atoms with Crippen LogP contribution in [0.2, 0.25) is 0 Å². The van der Waals surface area contributed by atoms with Crippen LogP contribution in [-0.4, -0.2) is 43.6 Å². The molecule has 0 fully saturated rings. The summed E-state index contributed by atoms with van der Waals surface area (Å²) in [6.07, 6.45) is -0.732. The Labute approximate surface area is 134 Å². The van der Waals surface area contributed by atoms with Crippen LogP contribution in [0, 0.1) is 0 Å². The fourth-order valence-electron chi connectivity index (χ4n) is 2.23. The van der Waals surface area contributed by atoms with E-state index in [4.69, 9.17) is 9.47 Å². The Kier molecular flexibility index (Phi) is 5.56. The molecule has 1 aliphatic heterocycles. The smallest absolute Gasteiger partial charge is 0.326 e. The fraction of sp³-hybridized carbons (Fsp3) is 0.438. The highest BCUT2D eigenvalue weighted by molar-refractivity contribution is 5.99. The molecule has 0 bridgehead atoms. The molecule has 0 aromatic heterocycles. The zero-order chi connectivity index (χ0) is 16.8. The quantitative estimate of drug-likeness (QED) is 0.814. The summed E-state index contributed by atoms with van der Waals surface area (Å²) < 4.78 is 10.6. The van der Waals surface area contributed by atoms with Crippen LogP contribution in [0.15, 0.2) is 24.3 Å². The van der Waals surface area contributed by atoms with Gasteiger partial charge in [0.25, 0.3) is 5.91 Å². The molecule has 2 amide bonds.